The molecule has 4 rings (SSSR count). The van der Waals surface area contributed by atoms with E-state index in [1.807, 2.05) is 26.0 Å². The number of likely N-dealkylation sites (tertiary alicyclic amines) is 1. The molecule has 1 atom stereocenters. The summed E-state index contributed by atoms with van der Waals surface area (Å²) in [6.07, 6.45) is -2.70. The van der Waals surface area contributed by atoms with Crippen molar-refractivity contribution in [3.05, 3.63) is 54.5 Å². The number of carbonyl (C=O) groups is 1. The van der Waals surface area contributed by atoms with E-state index in [9.17, 15) is 18.0 Å². The van der Waals surface area contributed by atoms with Crippen LogP contribution in [-0.2, 0) is 0 Å². The Morgan fingerprint density at radius 2 is 1.94 bits per heavy atom. The van der Waals surface area contributed by atoms with Crippen molar-refractivity contribution in [3.63, 3.8) is 0 Å². The average Bonchev–Trinajstić information content (AvgIpc) is 3.20. The van der Waals surface area contributed by atoms with Gasteiger partial charge in [0.05, 0.1) is 5.92 Å². The van der Waals surface area contributed by atoms with Crippen LogP contribution in [0.1, 0.15) is 23.5 Å². The molecule has 1 fully saturated rings. The van der Waals surface area contributed by atoms with E-state index in [2.05, 4.69) is 27.2 Å². The number of aryl methyl sites for hydroxylation is 2. The minimum Gasteiger partial charge on any atom is -0.338 e. The summed E-state index contributed by atoms with van der Waals surface area (Å²) in [5, 5.41) is 3.48. The summed E-state index contributed by atoms with van der Waals surface area (Å²) in [5.74, 6) is -1.08. The number of hydrogen-bond acceptors (Lipinski definition) is 4. The second-order valence-electron chi connectivity index (χ2n) is 7.75. The maximum Gasteiger partial charge on any atom is 0.393 e. The number of aromatic nitrogens is 3. The summed E-state index contributed by atoms with van der Waals surface area (Å²) >= 11 is 0. The van der Waals surface area contributed by atoms with Crippen molar-refractivity contribution in [1.29, 1.82) is 0 Å². The van der Waals surface area contributed by atoms with Crippen molar-refractivity contribution in [2.75, 3.05) is 18.4 Å². The van der Waals surface area contributed by atoms with Crippen molar-refractivity contribution in [3.8, 4) is 11.1 Å². The third-order valence-electron chi connectivity index (χ3n) is 5.53. The first-order valence-corrected chi connectivity index (χ1v) is 9.82. The molecule has 2 aromatic heterocycles. The molecule has 10 heteroatoms. The molecule has 32 heavy (non-hydrogen) atoms. The van der Waals surface area contributed by atoms with Gasteiger partial charge in [-0.25, -0.2) is 14.8 Å². The number of alkyl halides is 3. The molecule has 0 bridgehead atoms. The molecule has 1 N–H and O–H groups in total. The van der Waals surface area contributed by atoms with Gasteiger partial charge >= 0.3 is 12.2 Å². The summed E-state index contributed by atoms with van der Waals surface area (Å²) in [6, 6.07) is 6.78. The van der Waals surface area contributed by atoms with Crippen LogP contribution in [0.5, 0.6) is 0 Å². The summed E-state index contributed by atoms with van der Waals surface area (Å²) < 4.78 is 38.7. The number of urea groups is 1. The van der Waals surface area contributed by atoms with Crippen LogP contribution in [0.4, 0.5) is 23.7 Å². The number of anilines is 1. The van der Waals surface area contributed by atoms with E-state index < -0.39 is 18.1 Å². The number of carbonyl (C=O) groups excluding carboxylic acids is 1. The summed E-state index contributed by atoms with van der Waals surface area (Å²) in [5.41, 5.74) is 4.50. The van der Waals surface area contributed by atoms with E-state index in [1.165, 1.54) is 4.90 Å². The van der Waals surface area contributed by atoms with Gasteiger partial charge in [-0.3, -0.25) is 4.98 Å². The second kappa shape index (κ2) is 9.28. The van der Waals surface area contributed by atoms with Crippen molar-refractivity contribution in [1.82, 2.24) is 19.9 Å². The van der Waals surface area contributed by atoms with Gasteiger partial charge in [0, 0.05) is 72.7 Å². The van der Waals surface area contributed by atoms with Crippen molar-refractivity contribution >= 4 is 22.8 Å². The van der Waals surface area contributed by atoms with Gasteiger partial charge in [0.2, 0.25) is 0 Å². The van der Waals surface area contributed by atoms with Gasteiger partial charge in [-0.2, -0.15) is 13.2 Å². The zero-order valence-corrected chi connectivity index (χ0v) is 21.8. The van der Waals surface area contributed by atoms with Gasteiger partial charge in [-0.15, -0.1) is 0 Å². The van der Waals surface area contributed by atoms with Crippen molar-refractivity contribution in [2.24, 2.45) is 5.92 Å². The number of benzene rings is 1. The molecule has 0 aliphatic carbocycles. The topological polar surface area (TPSA) is 71.0 Å². The molecule has 3 heterocycles. The predicted octanol–water partition coefficient (Wildman–Crippen LogP) is 4.91. The van der Waals surface area contributed by atoms with Crippen LogP contribution < -0.4 is 5.32 Å². The molecule has 0 spiro atoms. The predicted molar refractivity (Wildman–Crippen MR) is 111 cm³/mol. The van der Waals surface area contributed by atoms with Gasteiger partial charge in [0.25, 0.3) is 0 Å². The average molecular weight is 666 g/mol. The van der Waals surface area contributed by atoms with Crippen molar-refractivity contribution in [2.45, 2.75) is 26.4 Å². The Morgan fingerprint density at radius 1 is 1.19 bits per heavy atom. The summed E-state index contributed by atoms with van der Waals surface area (Å²) in [4.78, 5) is 26.6. The first-order valence-electron chi connectivity index (χ1n) is 9.82. The molecule has 1 aromatic carbocycles. The normalized spacial score (nSPS) is 16.2. The molecule has 1 unspecified atom stereocenters. The molecule has 6 nitrogen and oxygen atoms in total. The van der Waals surface area contributed by atoms with Gasteiger partial charge < -0.3 is 17.1 Å². The zero-order chi connectivity index (χ0) is 22.3. The second-order valence-corrected chi connectivity index (χ2v) is 7.75. The quantitative estimate of drug-likeness (QED) is 0.395. The minimum atomic E-state index is -4.29. The van der Waals surface area contributed by atoms with Crippen LogP contribution in [0, 0.1) is 57.8 Å². The van der Waals surface area contributed by atoms with Crippen LogP contribution in [0.3, 0.4) is 0 Å². The monoisotopic (exact) mass is 666 g/mol. The molecule has 1 aliphatic rings. The molecule has 0 radical (unpaired) electrons. The SMILES string of the molecule is [CH2-]c1ncc2cc(-c3cc(NC(=O)N4CCC(C(F)(F)F)C4)ccc3C)c(C)nc2n1.[U]. The standard InChI is InChI=1S/C22H21F3N5O.U/c1-12-4-5-17(29-21(31)30-7-6-16(11-30)22(23,24)25)9-18(12)19-8-15-10-26-14(3)28-20(15)27-13(19)2;/h4-5,8-10,16H,3,6-7,11H2,1-2H3,(H,29,31);/q-1;. The number of hydrogen-bond donors (Lipinski definition) is 1. The Balaban J connectivity index is 0.00000289. The summed E-state index contributed by atoms with van der Waals surface area (Å²) in [7, 11) is 0. The van der Waals surface area contributed by atoms with E-state index in [-0.39, 0.29) is 50.6 Å². The number of pyridine rings is 1. The fourth-order valence-corrected chi connectivity index (χ4v) is 3.76. The van der Waals surface area contributed by atoms with E-state index in [4.69, 9.17) is 0 Å². The third-order valence-corrected chi connectivity index (χ3v) is 5.53. The number of nitrogens with one attached hydrogen (secondary N) is 1. The van der Waals surface area contributed by atoms with E-state index in [0.29, 0.717) is 17.2 Å². The fraction of sp³-hybridized carbons (Fsp3) is 0.318. The minimum absolute atomic E-state index is 0. The van der Waals surface area contributed by atoms with Gasteiger partial charge in [0.15, 0.2) is 5.65 Å². The summed E-state index contributed by atoms with van der Waals surface area (Å²) in [6.45, 7) is 7.28. The van der Waals surface area contributed by atoms with Gasteiger partial charge in [-0.05, 0) is 55.4 Å². The Kier molecular flexibility index (Phi) is 7.06. The number of rotatable bonds is 2. The van der Waals surface area contributed by atoms with E-state index >= 15 is 0 Å². The number of halogens is 3. The van der Waals surface area contributed by atoms with Crippen LogP contribution in [0.15, 0.2) is 30.5 Å². The molecule has 166 valence electrons. The first kappa shape index (κ1) is 24.3. The Morgan fingerprint density at radius 3 is 2.62 bits per heavy atom. The Bertz CT molecular complexity index is 1170. The molecule has 2 amide bonds. The molecular weight excluding hydrogens is 645 g/mol. The van der Waals surface area contributed by atoms with Gasteiger partial charge in [0.1, 0.15) is 0 Å². The molecule has 1 saturated heterocycles. The fourth-order valence-electron chi connectivity index (χ4n) is 3.76. The largest absolute Gasteiger partial charge is 0.393 e. The first-order chi connectivity index (χ1) is 14.6. The third kappa shape index (κ3) is 5.02. The van der Waals surface area contributed by atoms with Gasteiger partial charge in [-0.1, -0.05) is 6.07 Å². The zero-order valence-electron chi connectivity index (χ0n) is 17.6. The van der Waals surface area contributed by atoms with E-state index in [0.717, 1.165) is 27.8 Å². The molecular formula is C22H21F3N5OU-. The van der Waals surface area contributed by atoms with Crippen LogP contribution in [0.25, 0.3) is 22.2 Å². The Labute approximate surface area is 207 Å². The number of fused-ring (bicyclic) bond motifs is 1. The molecule has 3 aromatic rings. The number of nitrogens with zero attached hydrogens (tertiary/aromatic N) is 4. The molecule has 1 aliphatic heterocycles. The van der Waals surface area contributed by atoms with Crippen LogP contribution >= 0.6 is 0 Å². The van der Waals surface area contributed by atoms with E-state index in [1.54, 1.807) is 18.3 Å². The van der Waals surface area contributed by atoms with Crippen LogP contribution in [-0.4, -0.2) is 45.1 Å². The number of amides is 2. The Hall–Kier alpha value is -2.31. The smallest absolute Gasteiger partial charge is 0.338 e. The maximum atomic E-state index is 12.9. The maximum absolute atomic E-state index is 12.9. The molecule has 0 saturated carbocycles. The van der Waals surface area contributed by atoms with Crippen LogP contribution in [0.2, 0.25) is 0 Å². The van der Waals surface area contributed by atoms with Crippen molar-refractivity contribution < 1.29 is 49.1 Å².